The molecule has 0 saturated carbocycles. The minimum Gasteiger partial charge on any atom is -0.298 e. The van der Waals surface area contributed by atoms with Crippen LogP contribution in [0.5, 0.6) is 0 Å². The first-order valence-electron chi connectivity index (χ1n) is 6.83. The van der Waals surface area contributed by atoms with Gasteiger partial charge in [0, 0.05) is 22.7 Å². The first-order chi connectivity index (χ1) is 8.97. The number of thioether (sulfide) groups is 2. The Balaban J connectivity index is 1.99. The van der Waals surface area contributed by atoms with Gasteiger partial charge < -0.3 is 0 Å². The van der Waals surface area contributed by atoms with Gasteiger partial charge >= 0.3 is 0 Å². The molecule has 0 N–H and O–H groups in total. The Morgan fingerprint density at radius 2 is 1.95 bits per heavy atom. The van der Waals surface area contributed by atoms with Gasteiger partial charge in [0.25, 0.3) is 0 Å². The molecule has 0 spiro atoms. The van der Waals surface area contributed by atoms with E-state index >= 15 is 0 Å². The predicted molar refractivity (Wildman–Crippen MR) is 87.4 cm³/mol. The Kier molecular flexibility index (Phi) is 5.02. The van der Waals surface area contributed by atoms with Gasteiger partial charge in [-0.3, -0.25) is 4.79 Å². The third-order valence-electron chi connectivity index (χ3n) is 3.86. The Bertz CT molecular complexity index is 470. The second-order valence-electron chi connectivity index (χ2n) is 5.43. The standard InChI is InChI=1S/C16H22OS2/c1-10-5-6-14(7-11(10)2)8-15(17)16-9-18-12(3)13(4)19-16/h5-7,12-13,16H,8-9H2,1-4H3. The van der Waals surface area contributed by atoms with E-state index in [0.717, 1.165) is 11.3 Å². The average Bonchev–Trinajstić information content (AvgIpc) is 2.37. The molecule has 104 valence electrons. The van der Waals surface area contributed by atoms with E-state index in [1.165, 1.54) is 11.1 Å². The van der Waals surface area contributed by atoms with Crippen molar-refractivity contribution in [3.63, 3.8) is 0 Å². The molecule has 3 unspecified atom stereocenters. The maximum absolute atomic E-state index is 12.4. The molecule has 1 aliphatic heterocycles. The van der Waals surface area contributed by atoms with Gasteiger partial charge in [0.1, 0.15) is 0 Å². The summed E-state index contributed by atoms with van der Waals surface area (Å²) in [5.74, 6) is 1.36. The molecule has 1 aromatic rings. The first kappa shape index (κ1) is 15.0. The van der Waals surface area contributed by atoms with Gasteiger partial charge in [-0.05, 0) is 30.5 Å². The van der Waals surface area contributed by atoms with Crippen molar-refractivity contribution in [2.75, 3.05) is 5.75 Å². The van der Waals surface area contributed by atoms with Crippen LogP contribution in [0.4, 0.5) is 0 Å². The topological polar surface area (TPSA) is 17.1 Å². The van der Waals surface area contributed by atoms with Crippen molar-refractivity contribution < 1.29 is 4.79 Å². The number of carbonyl (C=O) groups is 1. The average molecular weight is 294 g/mol. The summed E-state index contributed by atoms with van der Waals surface area (Å²) in [6, 6.07) is 6.36. The van der Waals surface area contributed by atoms with E-state index in [1.807, 2.05) is 23.5 Å². The lowest BCUT2D eigenvalue weighted by Gasteiger charge is -2.30. The summed E-state index contributed by atoms with van der Waals surface area (Å²) in [4.78, 5) is 12.4. The smallest absolute Gasteiger partial charge is 0.151 e. The Labute approximate surface area is 124 Å². The van der Waals surface area contributed by atoms with Crippen molar-refractivity contribution in [1.29, 1.82) is 0 Å². The van der Waals surface area contributed by atoms with E-state index in [-0.39, 0.29) is 5.25 Å². The molecule has 0 amide bonds. The van der Waals surface area contributed by atoms with Crippen LogP contribution in [-0.2, 0) is 11.2 Å². The summed E-state index contributed by atoms with van der Waals surface area (Å²) >= 11 is 3.80. The van der Waals surface area contributed by atoms with Gasteiger partial charge in [-0.2, -0.15) is 11.8 Å². The molecular weight excluding hydrogens is 272 g/mol. The van der Waals surface area contributed by atoms with E-state index in [0.29, 0.717) is 22.7 Å². The largest absolute Gasteiger partial charge is 0.298 e. The molecule has 19 heavy (non-hydrogen) atoms. The first-order valence-corrected chi connectivity index (χ1v) is 8.82. The molecule has 1 heterocycles. The number of benzene rings is 1. The van der Waals surface area contributed by atoms with Crippen LogP contribution in [0, 0.1) is 13.8 Å². The summed E-state index contributed by atoms with van der Waals surface area (Å²) in [5, 5.41) is 1.42. The number of ketones is 1. The number of hydrogen-bond donors (Lipinski definition) is 0. The van der Waals surface area contributed by atoms with Crippen molar-refractivity contribution in [2.24, 2.45) is 0 Å². The van der Waals surface area contributed by atoms with Crippen molar-refractivity contribution in [2.45, 2.75) is 49.9 Å². The quantitative estimate of drug-likeness (QED) is 0.837. The summed E-state index contributed by atoms with van der Waals surface area (Å²) in [5.41, 5.74) is 3.73. The maximum Gasteiger partial charge on any atom is 0.151 e. The Morgan fingerprint density at radius 1 is 1.21 bits per heavy atom. The molecule has 0 aromatic heterocycles. The molecule has 0 radical (unpaired) electrons. The molecule has 1 saturated heterocycles. The second-order valence-corrected chi connectivity index (χ2v) is 8.43. The zero-order valence-corrected chi connectivity index (χ0v) is 13.7. The highest BCUT2D eigenvalue weighted by molar-refractivity contribution is 8.08. The minimum absolute atomic E-state index is 0.179. The van der Waals surface area contributed by atoms with Crippen LogP contribution in [-0.4, -0.2) is 27.3 Å². The van der Waals surface area contributed by atoms with E-state index in [2.05, 4.69) is 45.9 Å². The summed E-state index contributed by atoms with van der Waals surface area (Å²) in [7, 11) is 0. The maximum atomic E-state index is 12.4. The summed E-state index contributed by atoms with van der Waals surface area (Å²) in [6.07, 6.45) is 0.584. The van der Waals surface area contributed by atoms with Crippen LogP contribution < -0.4 is 0 Å². The Morgan fingerprint density at radius 3 is 2.58 bits per heavy atom. The zero-order valence-electron chi connectivity index (χ0n) is 12.1. The SMILES string of the molecule is Cc1ccc(CC(=O)C2CSC(C)C(C)S2)cc1C. The van der Waals surface area contributed by atoms with Crippen LogP contribution >= 0.6 is 23.5 Å². The predicted octanol–water partition coefficient (Wildman–Crippen LogP) is 4.04. The lowest BCUT2D eigenvalue weighted by Crippen LogP contribution is -2.32. The van der Waals surface area contributed by atoms with E-state index in [1.54, 1.807) is 0 Å². The molecule has 0 aliphatic carbocycles. The van der Waals surface area contributed by atoms with Crippen molar-refractivity contribution in [1.82, 2.24) is 0 Å². The summed E-state index contributed by atoms with van der Waals surface area (Å²) < 4.78 is 0. The van der Waals surface area contributed by atoms with Crippen LogP contribution in [0.25, 0.3) is 0 Å². The van der Waals surface area contributed by atoms with Gasteiger partial charge in [0.15, 0.2) is 5.78 Å². The number of Topliss-reactive ketones (excluding diaryl/α,β-unsaturated/α-hetero) is 1. The molecule has 1 nitrogen and oxygen atoms in total. The molecular formula is C16H22OS2. The lowest BCUT2D eigenvalue weighted by atomic mass is 10.0. The summed E-state index contributed by atoms with van der Waals surface area (Å²) in [6.45, 7) is 8.71. The lowest BCUT2D eigenvalue weighted by molar-refractivity contribution is -0.117. The van der Waals surface area contributed by atoms with E-state index in [4.69, 9.17) is 0 Å². The Hall–Kier alpha value is -0.410. The van der Waals surface area contributed by atoms with Crippen LogP contribution in [0.15, 0.2) is 18.2 Å². The van der Waals surface area contributed by atoms with Gasteiger partial charge in [0.05, 0.1) is 5.25 Å². The molecule has 2 rings (SSSR count). The minimum atomic E-state index is 0.179. The van der Waals surface area contributed by atoms with Gasteiger partial charge in [-0.1, -0.05) is 32.0 Å². The number of hydrogen-bond acceptors (Lipinski definition) is 3. The zero-order chi connectivity index (χ0) is 14.0. The highest BCUT2D eigenvalue weighted by Crippen LogP contribution is 2.36. The van der Waals surface area contributed by atoms with Gasteiger partial charge in [-0.25, -0.2) is 0 Å². The van der Waals surface area contributed by atoms with Crippen LogP contribution in [0.1, 0.15) is 30.5 Å². The molecule has 1 fully saturated rings. The van der Waals surface area contributed by atoms with Crippen molar-refractivity contribution in [3.8, 4) is 0 Å². The fraction of sp³-hybridized carbons (Fsp3) is 0.562. The second kappa shape index (κ2) is 6.36. The molecule has 3 atom stereocenters. The fourth-order valence-electron chi connectivity index (χ4n) is 2.18. The van der Waals surface area contributed by atoms with Crippen LogP contribution in [0.2, 0.25) is 0 Å². The highest BCUT2D eigenvalue weighted by atomic mass is 32.2. The van der Waals surface area contributed by atoms with E-state index < -0.39 is 0 Å². The number of rotatable bonds is 3. The molecule has 1 aliphatic rings. The third-order valence-corrected chi connectivity index (χ3v) is 7.30. The third kappa shape index (κ3) is 3.79. The monoisotopic (exact) mass is 294 g/mol. The van der Waals surface area contributed by atoms with Gasteiger partial charge in [0.2, 0.25) is 0 Å². The fourth-order valence-corrected chi connectivity index (χ4v) is 5.07. The highest BCUT2D eigenvalue weighted by Gasteiger charge is 2.29. The molecule has 1 aromatic carbocycles. The van der Waals surface area contributed by atoms with Crippen LogP contribution in [0.3, 0.4) is 0 Å². The van der Waals surface area contributed by atoms with Crippen molar-refractivity contribution in [3.05, 3.63) is 34.9 Å². The molecule has 3 heteroatoms. The van der Waals surface area contributed by atoms with Crippen molar-refractivity contribution >= 4 is 29.3 Å². The molecule has 0 bridgehead atoms. The number of carbonyl (C=O) groups excluding carboxylic acids is 1. The van der Waals surface area contributed by atoms with E-state index in [9.17, 15) is 4.79 Å². The number of aryl methyl sites for hydroxylation is 2. The normalized spacial score (nSPS) is 27.3. The van der Waals surface area contributed by atoms with Gasteiger partial charge in [-0.15, -0.1) is 11.8 Å².